The molecule has 4 rings (SSSR count). The molecule has 0 unspecified atom stereocenters. The topological polar surface area (TPSA) is 77.8 Å². The molecule has 0 spiro atoms. The van der Waals surface area contributed by atoms with Gasteiger partial charge >= 0.3 is 6.03 Å². The number of anilines is 2. The van der Waals surface area contributed by atoms with Gasteiger partial charge in [-0.05, 0) is 36.4 Å². The molecule has 26 heavy (non-hydrogen) atoms. The largest absolute Gasteiger partial charge is 0.454 e. The predicted molar refractivity (Wildman–Crippen MR) is 96.5 cm³/mol. The van der Waals surface area contributed by atoms with Crippen LogP contribution in [-0.2, 0) is 0 Å². The van der Waals surface area contributed by atoms with Gasteiger partial charge in [0.25, 0.3) is 0 Å². The number of amides is 2. The average molecular weight is 350 g/mol. The van der Waals surface area contributed by atoms with Gasteiger partial charge in [-0.3, -0.25) is 0 Å². The summed E-state index contributed by atoms with van der Waals surface area (Å²) in [6.07, 6.45) is 0. The third-order valence-electron chi connectivity index (χ3n) is 4.55. The first-order valence-electron chi connectivity index (χ1n) is 8.43. The highest BCUT2D eigenvalue weighted by Gasteiger charge is 2.22. The lowest BCUT2D eigenvalue weighted by atomic mass is 10.2. The van der Waals surface area contributed by atoms with Gasteiger partial charge in [0.2, 0.25) is 6.79 Å². The molecule has 2 aromatic rings. The van der Waals surface area contributed by atoms with Gasteiger partial charge < -0.3 is 24.6 Å². The van der Waals surface area contributed by atoms with E-state index in [1.165, 1.54) is 0 Å². The Kier molecular flexibility index (Phi) is 4.23. The van der Waals surface area contributed by atoms with Crippen molar-refractivity contribution in [2.45, 2.75) is 0 Å². The number of fused-ring (bicyclic) bond motifs is 1. The second kappa shape index (κ2) is 6.84. The van der Waals surface area contributed by atoms with Crippen LogP contribution in [0.15, 0.2) is 42.5 Å². The molecule has 0 radical (unpaired) electrons. The fraction of sp³-hybridized carbons (Fsp3) is 0.263. The SMILES string of the molecule is N#Cc1ccc(N2CCN(C(=O)Nc3ccc4c(c3)OCO4)CC2)cc1. The minimum Gasteiger partial charge on any atom is -0.454 e. The monoisotopic (exact) mass is 350 g/mol. The van der Waals surface area contributed by atoms with Crippen molar-refractivity contribution in [3.05, 3.63) is 48.0 Å². The standard InChI is InChI=1S/C19H18N4O3/c20-12-14-1-4-16(5-2-14)22-7-9-23(10-8-22)19(24)21-15-3-6-17-18(11-15)26-13-25-17/h1-6,11H,7-10,13H2,(H,21,24). The Morgan fingerprint density at radius 3 is 2.46 bits per heavy atom. The molecule has 2 amide bonds. The normalized spacial score (nSPS) is 15.5. The summed E-state index contributed by atoms with van der Waals surface area (Å²) in [4.78, 5) is 16.5. The molecule has 2 aliphatic rings. The smallest absolute Gasteiger partial charge is 0.321 e. The molecule has 132 valence electrons. The Bertz CT molecular complexity index is 852. The van der Waals surface area contributed by atoms with Crippen molar-refractivity contribution in [3.63, 3.8) is 0 Å². The first-order valence-corrected chi connectivity index (χ1v) is 8.43. The summed E-state index contributed by atoms with van der Waals surface area (Å²) in [5.41, 5.74) is 2.41. The van der Waals surface area contributed by atoms with Crippen LogP contribution in [0.5, 0.6) is 11.5 Å². The molecule has 1 N–H and O–H groups in total. The van der Waals surface area contributed by atoms with Crippen molar-refractivity contribution in [1.82, 2.24) is 4.90 Å². The zero-order valence-corrected chi connectivity index (χ0v) is 14.1. The third-order valence-corrected chi connectivity index (χ3v) is 4.55. The molecule has 0 bridgehead atoms. The number of nitrogens with one attached hydrogen (secondary N) is 1. The van der Waals surface area contributed by atoms with Gasteiger partial charge in [-0.2, -0.15) is 5.26 Å². The lowest BCUT2D eigenvalue weighted by Crippen LogP contribution is -2.50. The van der Waals surface area contributed by atoms with Crippen molar-refractivity contribution >= 4 is 17.4 Å². The Hall–Kier alpha value is -3.40. The van der Waals surface area contributed by atoms with Gasteiger partial charge in [-0.25, -0.2) is 4.79 Å². The number of rotatable bonds is 2. The van der Waals surface area contributed by atoms with Gasteiger partial charge in [-0.15, -0.1) is 0 Å². The van der Waals surface area contributed by atoms with E-state index in [-0.39, 0.29) is 12.8 Å². The maximum Gasteiger partial charge on any atom is 0.321 e. The highest BCUT2D eigenvalue weighted by molar-refractivity contribution is 5.90. The zero-order valence-electron chi connectivity index (χ0n) is 14.1. The van der Waals surface area contributed by atoms with Crippen LogP contribution in [0.1, 0.15) is 5.56 Å². The molecular formula is C19H18N4O3. The highest BCUT2D eigenvalue weighted by Crippen LogP contribution is 2.34. The molecule has 7 nitrogen and oxygen atoms in total. The van der Waals surface area contributed by atoms with E-state index in [4.69, 9.17) is 14.7 Å². The van der Waals surface area contributed by atoms with E-state index in [1.807, 2.05) is 24.3 Å². The number of nitrogens with zero attached hydrogens (tertiary/aromatic N) is 3. The predicted octanol–water partition coefficient (Wildman–Crippen LogP) is 2.64. The Morgan fingerprint density at radius 1 is 1.00 bits per heavy atom. The second-order valence-electron chi connectivity index (χ2n) is 6.13. The van der Waals surface area contributed by atoms with Crippen LogP contribution in [0.25, 0.3) is 0 Å². The van der Waals surface area contributed by atoms with Crippen LogP contribution in [0.4, 0.5) is 16.2 Å². The molecule has 2 aliphatic heterocycles. The average Bonchev–Trinajstić information content (AvgIpc) is 3.16. The van der Waals surface area contributed by atoms with Crippen LogP contribution in [0, 0.1) is 11.3 Å². The third kappa shape index (κ3) is 3.22. The fourth-order valence-corrected chi connectivity index (χ4v) is 3.09. The number of benzene rings is 2. The summed E-state index contributed by atoms with van der Waals surface area (Å²) in [5, 5.41) is 11.8. The maximum absolute atomic E-state index is 12.5. The Balaban J connectivity index is 1.34. The van der Waals surface area contributed by atoms with Crippen molar-refractivity contribution in [2.75, 3.05) is 43.2 Å². The number of hydrogen-bond donors (Lipinski definition) is 1. The summed E-state index contributed by atoms with van der Waals surface area (Å²) in [6, 6.07) is 14.9. The molecule has 0 atom stereocenters. The molecular weight excluding hydrogens is 332 g/mol. The number of urea groups is 1. The van der Waals surface area contributed by atoms with E-state index >= 15 is 0 Å². The fourth-order valence-electron chi connectivity index (χ4n) is 3.09. The number of ether oxygens (including phenoxy) is 2. The van der Waals surface area contributed by atoms with E-state index in [2.05, 4.69) is 16.3 Å². The Labute approximate surface area is 151 Å². The molecule has 0 aromatic heterocycles. The summed E-state index contributed by atoms with van der Waals surface area (Å²) >= 11 is 0. The van der Waals surface area contributed by atoms with E-state index in [0.717, 1.165) is 18.8 Å². The number of hydrogen-bond acceptors (Lipinski definition) is 5. The molecule has 0 saturated carbocycles. The van der Waals surface area contributed by atoms with Gasteiger partial charge in [0.1, 0.15) is 0 Å². The minimum atomic E-state index is -0.122. The summed E-state index contributed by atoms with van der Waals surface area (Å²) in [7, 11) is 0. The van der Waals surface area contributed by atoms with E-state index in [0.29, 0.717) is 35.8 Å². The first kappa shape index (κ1) is 16.1. The molecule has 0 aliphatic carbocycles. The van der Waals surface area contributed by atoms with E-state index < -0.39 is 0 Å². The molecule has 2 heterocycles. The van der Waals surface area contributed by atoms with Gasteiger partial charge in [-0.1, -0.05) is 0 Å². The second-order valence-corrected chi connectivity index (χ2v) is 6.13. The zero-order chi connectivity index (χ0) is 17.9. The number of piperazine rings is 1. The summed E-state index contributed by atoms with van der Waals surface area (Å²) < 4.78 is 10.6. The van der Waals surface area contributed by atoms with Crippen LogP contribution >= 0.6 is 0 Å². The number of nitriles is 1. The minimum absolute atomic E-state index is 0.122. The van der Waals surface area contributed by atoms with Gasteiger partial charge in [0.15, 0.2) is 11.5 Å². The highest BCUT2D eigenvalue weighted by atomic mass is 16.7. The van der Waals surface area contributed by atoms with E-state index in [9.17, 15) is 4.79 Å². The van der Waals surface area contributed by atoms with Gasteiger partial charge in [0.05, 0.1) is 11.6 Å². The van der Waals surface area contributed by atoms with Crippen molar-refractivity contribution in [3.8, 4) is 17.6 Å². The lowest BCUT2D eigenvalue weighted by molar-refractivity contribution is 0.174. The summed E-state index contributed by atoms with van der Waals surface area (Å²) in [6.45, 7) is 2.98. The van der Waals surface area contributed by atoms with Crippen molar-refractivity contribution < 1.29 is 14.3 Å². The quantitative estimate of drug-likeness (QED) is 0.901. The van der Waals surface area contributed by atoms with Crippen LogP contribution < -0.4 is 19.7 Å². The number of carbonyl (C=O) groups excluding carboxylic acids is 1. The molecule has 1 fully saturated rings. The van der Waals surface area contributed by atoms with Crippen LogP contribution in [0.3, 0.4) is 0 Å². The molecule has 2 aromatic carbocycles. The van der Waals surface area contributed by atoms with Crippen molar-refractivity contribution in [2.24, 2.45) is 0 Å². The first-order chi connectivity index (χ1) is 12.7. The molecule has 7 heteroatoms. The van der Waals surface area contributed by atoms with Crippen LogP contribution in [0.2, 0.25) is 0 Å². The lowest BCUT2D eigenvalue weighted by Gasteiger charge is -2.36. The van der Waals surface area contributed by atoms with E-state index in [1.54, 1.807) is 23.1 Å². The maximum atomic E-state index is 12.5. The van der Waals surface area contributed by atoms with Crippen molar-refractivity contribution in [1.29, 1.82) is 5.26 Å². The number of carbonyl (C=O) groups is 1. The molecule has 1 saturated heterocycles. The summed E-state index contributed by atoms with van der Waals surface area (Å²) in [5.74, 6) is 1.34. The Morgan fingerprint density at radius 2 is 1.73 bits per heavy atom. The van der Waals surface area contributed by atoms with Crippen LogP contribution in [-0.4, -0.2) is 43.9 Å². The van der Waals surface area contributed by atoms with Gasteiger partial charge in [0, 0.05) is 43.6 Å².